The maximum Gasteiger partial charge on any atom is 0.228 e. The second-order valence-corrected chi connectivity index (χ2v) is 5.58. The number of anilines is 1. The first-order chi connectivity index (χ1) is 9.24. The molecule has 1 amide bonds. The molecular weight excluding hydrogens is 263 g/mol. The molecular formula is C14H13FN2OS. The van der Waals surface area contributed by atoms with Crippen molar-refractivity contribution in [1.82, 2.24) is 4.98 Å². The van der Waals surface area contributed by atoms with Crippen molar-refractivity contribution in [2.75, 3.05) is 5.32 Å². The number of benzene rings is 1. The third-order valence-electron chi connectivity index (χ3n) is 3.59. The number of carbonyl (C=O) groups is 1. The largest absolute Gasteiger partial charge is 0.316 e. The fourth-order valence-electron chi connectivity index (χ4n) is 2.41. The Morgan fingerprint density at radius 3 is 2.68 bits per heavy atom. The van der Waals surface area contributed by atoms with E-state index in [2.05, 4.69) is 10.3 Å². The summed E-state index contributed by atoms with van der Waals surface area (Å²) in [6.07, 6.45) is 3.51. The van der Waals surface area contributed by atoms with Crippen LogP contribution in [0.25, 0.3) is 0 Å². The summed E-state index contributed by atoms with van der Waals surface area (Å²) in [5.41, 5.74) is 2.73. The summed E-state index contributed by atoms with van der Waals surface area (Å²) in [7, 11) is 0. The van der Waals surface area contributed by atoms with E-state index in [4.69, 9.17) is 0 Å². The molecule has 3 nitrogen and oxygen atoms in total. The molecule has 1 aromatic heterocycles. The van der Waals surface area contributed by atoms with Crippen LogP contribution in [0, 0.1) is 11.7 Å². The normalized spacial score (nSPS) is 21.7. The van der Waals surface area contributed by atoms with Gasteiger partial charge in [0.05, 0.1) is 11.7 Å². The Hall–Kier alpha value is -1.75. The van der Waals surface area contributed by atoms with E-state index >= 15 is 0 Å². The third-order valence-corrected chi connectivity index (χ3v) is 4.28. The lowest BCUT2D eigenvalue weighted by Crippen LogP contribution is -2.35. The first-order valence-corrected chi connectivity index (χ1v) is 7.07. The van der Waals surface area contributed by atoms with Gasteiger partial charge in [-0.3, -0.25) is 9.78 Å². The molecule has 1 heterocycles. The van der Waals surface area contributed by atoms with Crippen LogP contribution in [0.15, 0.2) is 36.0 Å². The topological polar surface area (TPSA) is 42.0 Å². The molecule has 19 heavy (non-hydrogen) atoms. The number of thiazole rings is 1. The van der Waals surface area contributed by atoms with Crippen LogP contribution < -0.4 is 5.32 Å². The number of halogens is 1. The number of carbonyl (C=O) groups excluding carboxylic acids is 1. The van der Waals surface area contributed by atoms with Crippen LogP contribution in [0.4, 0.5) is 9.39 Å². The third kappa shape index (κ3) is 2.51. The zero-order valence-electron chi connectivity index (χ0n) is 10.2. The highest BCUT2D eigenvalue weighted by Crippen LogP contribution is 2.43. The molecule has 0 radical (unpaired) electrons. The molecule has 1 aliphatic rings. The van der Waals surface area contributed by atoms with E-state index in [-0.39, 0.29) is 23.6 Å². The summed E-state index contributed by atoms with van der Waals surface area (Å²) in [4.78, 5) is 16.1. The Labute approximate surface area is 114 Å². The number of amides is 1. The quantitative estimate of drug-likeness (QED) is 0.933. The predicted molar refractivity (Wildman–Crippen MR) is 72.6 cm³/mol. The van der Waals surface area contributed by atoms with E-state index < -0.39 is 0 Å². The Balaban J connectivity index is 1.69. The molecule has 1 aromatic carbocycles. The molecule has 0 spiro atoms. The van der Waals surface area contributed by atoms with E-state index in [9.17, 15) is 9.18 Å². The summed E-state index contributed by atoms with van der Waals surface area (Å²) in [5, 5.41) is 3.65. The molecule has 5 heteroatoms. The minimum Gasteiger partial charge on any atom is -0.316 e. The summed E-state index contributed by atoms with van der Waals surface area (Å²) < 4.78 is 12.9. The fraction of sp³-hybridized carbons (Fsp3) is 0.286. The van der Waals surface area contributed by atoms with Gasteiger partial charge in [-0.05, 0) is 36.5 Å². The molecule has 0 aliphatic heterocycles. The van der Waals surface area contributed by atoms with Gasteiger partial charge in [-0.2, -0.15) is 0 Å². The van der Waals surface area contributed by atoms with Gasteiger partial charge < -0.3 is 5.32 Å². The maximum absolute atomic E-state index is 12.9. The van der Waals surface area contributed by atoms with Crippen molar-refractivity contribution in [3.63, 3.8) is 0 Å². The number of nitrogens with zero attached hydrogens (tertiary/aromatic N) is 1. The van der Waals surface area contributed by atoms with Crippen LogP contribution >= 0.6 is 11.3 Å². The second kappa shape index (κ2) is 5.09. The van der Waals surface area contributed by atoms with Gasteiger partial charge in [-0.25, -0.2) is 4.39 Å². The lowest BCUT2D eigenvalue weighted by molar-refractivity contribution is -0.123. The van der Waals surface area contributed by atoms with Crippen LogP contribution in [0.2, 0.25) is 0 Å². The van der Waals surface area contributed by atoms with E-state index in [1.54, 1.807) is 23.8 Å². The summed E-state index contributed by atoms with van der Waals surface area (Å²) >= 11 is 1.41. The van der Waals surface area contributed by atoms with Crippen molar-refractivity contribution < 1.29 is 9.18 Å². The second-order valence-electron chi connectivity index (χ2n) is 4.70. The molecule has 2 unspecified atom stereocenters. The van der Waals surface area contributed by atoms with Gasteiger partial charge in [-0.1, -0.05) is 12.1 Å². The molecule has 0 saturated heterocycles. The highest BCUT2D eigenvalue weighted by Gasteiger charge is 2.37. The fourth-order valence-corrected chi connectivity index (χ4v) is 2.93. The van der Waals surface area contributed by atoms with Crippen LogP contribution in [-0.4, -0.2) is 10.9 Å². The first-order valence-electron chi connectivity index (χ1n) is 6.19. The average molecular weight is 276 g/mol. The minimum atomic E-state index is -0.242. The average Bonchev–Trinajstić information content (AvgIpc) is 2.83. The van der Waals surface area contributed by atoms with Crippen molar-refractivity contribution >= 4 is 22.2 Å². The monoisotopic (exact) mass is 276 g/mol. The molecule has 1 N–H and O–H groups in total. The van der Waals surface area contributed by atoms with Crippen molar-refractivity contribution in [1.29, 1.82) is 0 Å². The molecule has 1 fully saturated rings. The Kier molecular flexibility index (Phi) is 3.29. The SMILES string of the molecule is O=C(Nc1cncs1)C1CCC1c1ccc(F)cc1. The minimum absolute atomic E-state index is 0.0208. The number of rotatable bonds is 3. The molecule has 2 aromatic rings. The van der Waals surface area contributed by atoms with Gasteiger partial charge in [0, 0.05) is 5.92 Å². The van der Waals surface area contributed by atoms with Crippen molar-refractivity contribution in [3.8, 4) is 0 Å². The van der Waals surface area contributed by atoms with Crippen molar-refractivity contribution in [2.24, 2.45) is 5.92 Å². The smallest absolute Gasteiger partial charge is 0.228 e. The zero-order valence-corrected chi connectivity index (χ0v) is 11.0. The maximum atomic E-state index is 12.9. The Morgan fingerprint density at radius 1 is 1.32 bits per heavy atom. The van der Waals surface area contributed by atoms with Crippen molar-refractivity contribution in [2.45, 2.75) is 18.8 Å². The molecule has 98 valence electrons. The summed E-state index contributed by atoms with van der Waals surface area (Å²) in [6.45, 7) is 0. The van der Waals surface area contributed by atoms with Crippen LogP contribution in [-0.2, 0) is 4.79 Å². The standard InChI is InChI=1S/C14H13FN2OS/c15-10-3-1-9(2-4-10)11-5-6-12(11)14(18)17-13-7-16-8-19-13/h1-4,7-8,11-12H,5-6H2,(H,17,18). The van der Waals surface area contributed by atoms with Gasteiger partial charge in [-0.15, -0.1) is 11.3 Å². The van der Waals surface area contributed by atoms with E-state index in [0.717, 1.165) is 23.4 Å². The zero-order chi connectivity index (χ0) is 13.2. The van der Waals surface area contributed by atoms with Crippen LogP contribution in [0.5, 0.6) is 0 Å². The van der Waals surface area contributed by atoms with E-state index in [1.807, 2.05) is 0 Å². The summed E-state index contributed by atoms with van der Waals surface area (Å²) in [6, 6.07) is 6.44. The number of hydrogen-bond acceptors (Lipinski definition) is 3. The molecule has 2 atom stereocenters. The summed E-state index contributed by atoms with van der Waals surface area (Å²) in [5.74, 6) is -0.0281. The first kappa shape index (κ1) is 12.3. The van der Waals surface area contributed by atoms with Crippen molar-refractivity contribution in [3.05, 3.63) is 47.4 Å². The number of aromatic nitrogens is 1. The van der Waals surface area contributed by atoms with Crippen LogP contribution in [0.1, 0.15) is 24.3 Å². The van der Waals surface area contributed by atoms with Gasteiger partial charge in [0.15, 0.2) is 0 Å². The number of hydrogen-bond donors (Lipinski definition) is 1. The van der Waals surface area contributed by atoms with Gasteiger partial charge in [0.2, 0.25) is 5.91 Å². The van der Waals surface area contributed by atoms with E-state index in [1.165, 1.54) is 23.5 Å². The molecule has 1 aliphatic carbocycles. The van der Waals surface area contributed by atoms with Gasteiger partial charge in [0.25, 0.3) is 0 Å². The Bertz CT molecular complexity index is 568. The Morgan fingerprint density at radius 2 is 2.11 bits per heavy atom. The molecule has 0 bridgehead atoms. The lowest BCUT2D eigenvalue weighted by Gasteiger charge is -2.35. The number of nitrogens with one attached hydrogen (secondary N) is 1. The lowest BCUT2D eigenvalue weighted by atomic mass is 9.69. The highest BCUT2D eigenvalue weighted by atomic mass is 32.1. The van der Waals surface area contributed by atoms with E-state index in [0.29, 0.717) is 0 Å². The highest BCUT2D eigenvalue weighted by molar-refractivity contribution is 7.13. The molecule has 3 rings (SSSR count). The van der Waals surface area contributed by atoms with Gasteiger partial charge in [0.1, 0.15) is 10.8 Å². The van der Waals surface area contributed by atoms with Gasteiger partial charge >= 0.3 is 0 Å². The van der Waals surface area contributed by atoms with Crippen LogP contribution in [0.3, 0.4) is 0 Å². The predicted octanol–water partition coefficient (Wildman–Crippen LogP) is 3.41. The molecule has 1 saturated carbocycles.